The van der Waals surface area contributed by atoms with Crippen LogP contribution in [0.2, 0.25) is 0 Å². The molecule has 2 aromatic heterocycles. The minimum absolute atomic E-state index is 0.151. The molecule has 2 aromatic rings. The molecule has 5 nitrogen and oxygen atoms in total. The summed E-state index contributed by atoms with van der Waals surface area (Å²) in [6, 6.07) is 3.84. The number of hydrogen-bond acceptors (Lipinski definition) is 6. The second kappa shape index (κ2) is 5.62. The van der Waals surface area contributed by atoms with Crippen LogP contribution in [0.5, 0.6) is 0 Å². The highest BCUT2D eigenvalue weighted by molar-refractivity contribution is 9.11. The van der Waals surface area contributed by atoms with E-state index in [1.54, 1.807) is 0 Å². The summed E-state index contributed by atoms with van der Waals surface area (Å²) in [7, 11) is 1.36. The van der Waals surface area contributed by atoms with Crippen LogP contribution in [0.4, 0.5) is 0 Å². The van der Waals surface area contributed by atoms with Gasteiger partial charge >= 0.3 is 5.97 Å². The molecule has 1 unspecified atom stereocenters. The van der Waals surface area contributed by atoms with Crippen LogP contribution in [0.1, 0.15) is 25.2 Å². The molecule has 0 saturated heterocycles. The van der Waals surface area contributed by atoms with Crippen LogP contribution < -0.4 is 0 Å². The summed E-state index contributed by atoms with van der Waals surface area (Å²) in [5.74, 6) is 0.542. The normalized spacial score (nSPS) is 12.4. The van der Waals surface area contributed by atoms with E-state index in [9.17, 15) is 4.79 Å². The predicted molar refractivity (Wildman–Crippen MR) is 70.4 cm³/mol. The molecule has 2 rings (SSSR count). The van der Waals surface area contributed by atoms with Crippen LogP contribution in [-0.2, 0) is 9.53 Å². The maximum absolute atomic E-state index is 11.2. The Hall–Kier alpha value is -1.21. The van der Waals surface area contributed by atoms with Crippen molar-refractivity contribution in [2.75, 3.05) is 7.11 Å². The van der Waals surface area contributed by atoms with Crippen molar-refractivity contribution < 1.29 is 14.1 Å². The largest absolute Gasteiger partial charge is 0.469 e. The molecule has 0 bridgehead atoms. The zero-order valence-electron chi connectivity index (χ0n) is 9.84. The lowest BCUT2D eigenvalue weighted by Crippen LogP contribution is -2.06. The van der Waals surface area contributed by atoms with Crippen LogP contribution >= 0.6 is 27.3 Å². The van der Waals surface area contributed by atoms with Gasteiger partial charge in [-0.3, -0.25) is 4.79 Å². The molecular weight excluding hydrogens is 320 g/mol. The highest BCUT2D eigenvalue weighted by Crippen LogP contribution is 2.30. The van der Waals surface area contributed by atoms with Gasteiger partial charge in [0.05, 0.1) is 22.2 Å². The minimum atomic E-state index is -0.291. The van der Waals surface area contributed by atoms with Gasteiger partial charge in [-0.2, -0.15) is 4.98 Å². The number of nitrogens with zero attached hydrogens (tertiary/aromatic N) is 2. The molecular formula is C11H11BrN2O3S. The van der Waals surface area contributed by atoms with E-state index < -0.39 is 0 Å². The molecule has 2 heterocycles. The molecule has 7 heteroatoms. The number of aromatic nitrogens is 2. The van der Waals surface area contributed by atoms with E-state index in [1.807, 2.05) is 19.1 Å². The summed E-state index contributed by atoms with van der Waals surface area (Å²) in [6.07, 6.45) is 0.228. The van der Waals surface area contributed by atoms with E-state index in [2.05, 4.69) is 30.8 Å². The Kier molecular flexibility index (Phi) is 4.13. The number of thiophene rings is 1. The maximum atomic E-state index is 11.2. The Bertz CT molecular complexity index is 552. The fourth-order valence-electron chi connectivity index (χ4n) is 1.39. The average molecular weight is 331 g/mol. The zero-order valence-corrected chi connectivity index (χ0v) is 12.2. The molecule has 0 amide bonds. The molecule has 0 aliphatic heterocycles. The number of esters is 1. The first kappa shape index (κ1) is 13.2. The van der Waals surface area contributed by atoms with Gasteiger partial charge in [0, 0.05) is 5.92 Å². The molecule has 96 valence electrons. The minimum Gasteiger partial charge on any atom is -0.469 e. The number of carbonyl (C=O) groups excluding carboxylic acids is 1. The van der Waals surface area contributed by atoms with E-state index in [-0.39, 0.29) is 18.3 Å². The number of halogens is 1. The van der Waals surface area contributed by atoms with Crippen LogP contribution in [0.15, 0.2) is 20.4 Å². The first-order valence-electron chi connectivity index (χ1n) is 5.26. The second-order valence-electron chi connectivity index (χ2n) is 3.74. The van der Waals surface area contributed by atoms with Crippen molar-refractivity contribution in [1.29, 1.82) is 0 Å². The topological polar surface area (TPSA) is 65.2 Å². The number of ether oxygens (including phenoxy) is 1. The van der Waals surface area contributed by atoms with Gasteiger partial charge in [0.1, 0.15) is 0 Å². The van der Waals surface area contributed by atoms with Gasteiger partial charge in [-0.05, 0) is 28.1 Å². The summed E-state index contributed by atoms with van der Waals surface area (Å²) in [4.78, 5) is 16.4. The van der Waals surface area contributed by atoms with Gasteiger partial charge in [-0.15, -0.1) is 11.3 Å². The van der Waals surface area contributed by atoms with Crippen molar-refractivity contribution in [2.24, 2.45) is 0 Å². The highest BCUT2D eigenvalue weighted by atomic mass is 79.9. The highest BCUT2D eigenvalue weighted by Gasteiger charge is 2.19. The SMILES string of the molecule is COC(=O)CC(C)c1nc(-c2ccc(Br)s2)no1. The monoisotopic (exact) mass is 330 g/mol. The van der Waals surface area contributed by atoms with Crippen LogP contribution in [0.3, 0.4) is 0 Å². The Morgan fingerprint density at radius 1 is 1.61 bits per heavy atom. The molecule has 18 heavy (non-hydrogen) atoms. The lowest BCUT2D eigenvalue weighted by molar-refractivity contribution is -0.141. The van der Waals surface area contributed by atoms with Crippen LogP contribution in [-0.4, -0.2) is 23.2 Å². The fourth-order valence-corrected chi connectivity index (χ4v) is 2.70. The zero-order chi connectivity index (χ0) is 13.1. The van der Waals surface area contributed by atoms with Crippen molar-refractivity contribution in [3.05, 3.63) is 21.8 Å². The first-order chi connectivity index (χ1) is 8.60. The van der Waals surface area contributed by atoms with E-state index in [4.69, 9.17) is 4.52 Å². The number of hydrogen-bond donors (Lipinski definition) is 0. The van der Waals surface area contributed by atoms with Gasteiger partial charge in [-0.25, -0.2) is 0 Å². The van der Waals surface area contributed by atoms with Gasteiger partial charge in [0.15, 0.2) is 0 Å². The van der Waals surface area contributed by atoms with E-state index in [0.29, 0.717) is 11.7 Å². The smallest absolute Gasteiger partial charge is 0.306 e. The third-order valence-electron chi connectivity index (χ3n) is 2.36. The Labute approximate surface area is 116 Å². The Morgan fingerprint density at radius 2 is 2.39 bits per heavy atom. The average Bonchev–Trinajstić information content (AvgIpc) is 2.96. The van der Waals surface area contributed by atoms with Crippen molar-refractivity contribution in [1.82, 2.24) is 10.1 Å². The maximum Gasteiger partial charge on any atom is 0.306 e. The molecule has 0 radical (unpaired) electrons. The Morgan fingerprint density at radius 3 is 3.00 bits per heavy atom. The molecule has 0 saturated carbocycles. The Balaban J connectivity index is 2.12. The van der Waals surface area contributed by atoms with Gasteiger partial charge in [-0.1, -0.05) is 12.1 Å². The molecule has 0 aliphatic carbocycles. The lowest BCUT2D eigenvalue weighted by Gasteiger charge is -2.03. The number of rotatable bonds is 4. The molecule has 0 fully saturated rings. The lowest BCUT2D eigenvalue weighted by atomic mass is 10.1. The van der Waals surface area contributed by atoms with Gasteiger partial charge in [0.25, 0.3) is 0 Å². The summed E-state index contributed by atoms with van der Waals surface area (Å²) >= 11 is 4.90. The molecule has 0 N–H and O–H groups in total. The molecule has 0 aromatic carbocycles. The van der Waals surface area contributed by atoms with Crippen LogP contribution in [0, 0.1) is 0 Å². The van der Waals surface area contributed by atoms with E-state index >= 15 is 0 Å². The predicted octanol–water partition coefficient (Wildman–Crippen LogP) is 3.23. The quantitative estimate of drug-likeness (QED) is 0.805. The summed E-state index contributed by atoms with van der Waals surface area (Å²) in [5, 5.41) is 3.91. The van der Waals surface area contributed by atoms with Crippen molar-refractivity contribution in [2.45, 2.75) is 19.3 Å². The third kappa shape index (κ3) is 2.97. The molecule has 0 spiro atoms. The van der Waals surface area contributed by atoms with E-state index in [0.717, 1.165) is 8.66 Å². The summed E-state index contributed by atoms with van der Waals surface area (Å²) in [5.41, 5.74) is 0. The van der Waals surface area contributed by atoms with Crippen molar-refractivity contribution in [3.63, 3.8) is 0 Å². The van der Waals surface area contributed by atoms with Crippen LogP contribution in [0.25, 0.3) is 10.7 Å². The standard InChI is InChI=1S/C11H11BrN2O3S/c1-6(5-9(15)16-2)11-13-10(14-17-11)7-3-4-8(12)18-7/h3-4,6H,5H2,1-2H3. The fraction of sp³-hybridized carbons (Fsp3) is 0.364. The van der Waals surface area contributed by atoms with Gasteiger partial charge < -0.3 is 9.26 Å². The second-order valence-corrected chi connectivity index (χ2v) is 6.20. The molecule has 1 atom stereocenters. The van der Waals surface area contributed by atoms with Crippen molar-refractivity contribution in [3.8, 4) is 10.7 Å². The number of carbonyl (C=O) groups is 1. The van der Waals surface area contributed by atoms with Crippen molar-refractivity contribution >= 4 is 33.2 Å². The summed E-state index contributed by atoms with van der Waals surface area (Å²) in [6.45, 7) is 1.85. The van der Waals surface area contributed by atoms with E-state index in [1.165, 1.54) is 18.4 Å². The first-order valence-corrected chi connectivity index (χ1v) is 6.87. The third-order valence-corrected chi connectivity index (χ3v) is 3.98. The number of methoxy groups -OCH3 is 1. The van der Waals surface area contributed by atoms with Gasteiger partial charge in [0.2, 0.25) is 11.7 Å². The molecule has 0 aliphatic rings. The summed E-state index contributed by atoms with van der Waals surface area (Å²) < 4.78 is 10.8.